The molecule has 0 bridgehead atoms. The minimum atomic E-state index is -0.547. The molecular formula is C26H18N6O2. The number of terminal acetylenes is 1. The second kappa shape index (κ2) is 10.8. The Kier molecular flexibility index (Phi) is 7.43. The van der Waals surface area contributed by atoms with Crippen LogP contribution in [-0.4, -0.2) is 22.4 Å². The van der Waals surface area contributed by atoms with Crippen LogP contribution >= 0.6 is 0 Å². The Bertz CT molecular complexity index is 1400. The van der Waals surface area contributed by atoms with Crippen molar-refractivity contribution in [2.75, 3.05) is 11.9 Å². The Morgan fingerprint density at radius 3 is 2.38 bits per heavy atom. The number of ether oxygens (including phenoxy) is 1. The van der Waals surface area contributed by atoms with E-state index in [1.54, 1.807) is 36.4 Å². The largest absolute Gasteiger partial charge is 0.437 e. The van der Waals surface area contributed by atoms with Crippen molar-refractivity contribution < 1.29 is 9.53 Å². The van der Waals surface area contributed by atoms with Crippen LogP contribution in [0.1, 0.15) is 27.8 Å². The first kappa shape index (κ1) is 23.4. The lowest BCUT2D eigenvalue weighted by Gasteiger charge is -2.14. The molecule has 3 aromatic rings. The molecule has 0 radical (unpaired) electrons. The Morgan fingerprint density at radius 1 is 1.09 bits per heavy atom. The van der Waals surface area contributed by atoms with Gasteiger partial charge in [-0.3, -0.25) is 4.79 Å². The first-order valence-corrected chi connectivity index (χ1v) is 10.00. The molecule has 8 heteroatoms. The highest BCUT2D eigenvalue weighted by molar-refractivity contribution is 5.94. The van der Waals surface area contributed by atoms with E-state index in [-0.39, 0.29) is 23.9 Å². The summed E-state index contributed by atoms with van der Waals surface area (Å²) in [5, 5.41) is 23.7. The number of nitrogens with zero attached hydrogens (tertiary/aromatic N) is 4. The van der Waals surface area contributed by atoms with E-state index in [9.17, 15) is 10.1 Å². The minimum Gasteiger partial charge on any atom is -0.437 e. The van der Waals surface area contributed by atoms with Crippen LogP contribution in [0.25, 0.3) is 0 Å². The van der Waals surface area contributed by atoms with E-state index in [0.29, 0.717) is 22.6 Å². The van der Waals surface area contributed by atoms with Crippen LogP contribution in [0, 0.1) is 60.7 Å². The lowest BCUT2D eigenvalue weighted by Crippen LogP contribution is -2.21. The predicted octanol–water partition coefficient (Wildman–Crippen LogP) is 3.47. The van der Waals surface area contributed by atoms with Gasteiger partial charge in [0.2, 0.25) is 11.8 Å². The van der Waals surface area contributed by atoms with Crippen LogP contribution in [0.3, 0.4) is 0 Å². The van der Waals surface area contributed by atoms with E-state index in [4.69, 9.17) is 16.4 Å². The van der Waals surface area contributed by atoms with Gasteiger partial charge in [-0.15, -0.1) is 6.42 Å². The summed E-state index contributed by atoms with van der Waals surface area (Å²) in [7, 11) is 0. The molecule has 0 saturated heterocycles. The molecule has 3 rings (SSSR count). The maximum absolute atomic E-state index is 11.9. The molecule has 0 saturated carbocycles. The number of nitriles is 2. The lowest BCUT2D eigenvalue weighted by atomic mass is 10.1. The Morgan fingerprint density at radius 2 is 1.76 bits per heavy atom. The normalized spacial score (nSPS) is 9.38. The summed E-state index contributed by atoms with van der Waals surface area (Å²) in [5.41, 5.74) is 3.46. The van der Waals surface area contributed by atoms with Crippen LogP contribution in [0.4, 0.5) is 11.6 Å². The highest BCUT2D eigenvalue weighted by Crippen LogP contribution is 2.31. The zero-order chi connectivity index (χ0) is 24.5. The predicted molar refractivity (Wildman–Crippen MR) is 126 cm³/mol. The average Bonchev–Trinajstić information content (AvgIpc) is 2.84. The van der Waals surface area contributed by atoms with Crippen LogP contribution in [0.5, 0.6) is 11.6 Å². The standard InChI is InChI=1S/C26H18N6O2/c1-4-11-29-23(33)10-7-21-16-30-26(31-22-8-5-19(14-27)6-9-22)32-25(21)34-24-17(2)12-20(15-28)13-18(24)3/h1,5-6,8-9,12-13,16H,11H2,2-3H3,(H,29,33)(H,30,31,32). The molecule has 0 atom stereocenters. The van der Waals surface area contributed by atoms with Gasteiger partial charge in [0.25, 0.3) is 5.91 Å². The molecule has 8 nitrogen and oxygen atoms in total. The molecule has 0 fully saturated rings. The summed E-state index contributed by atoms with van der Waals surface area (Å²) < 4.78 is 6.09. The second-order valence-corrected chi connectivity index (χ2v) is 7.02. The molecule has 164 valence electrons. The van der Waals surface area contributed by atoms with Crippen LogP contribution in [0.15, 0.2) is 42.6 Å². The summed E-state index contributed by atoms with van der Waals surface area (Å²) in [5.74, 6) is 7.78. The van der Waals surface area contributed by atoms with Crippen molar-refractivity contribution >= 4 is 17.5 Å². The third kappa shape index (κ3) is 5.89. The van der Waals surface area contributed by atoms with Crippen molar-refractivity contribution in [2.24, 2.45) is 0 Å². The van der Waals surface area contributed by atoms with Crippen molar-refractivity contribution in [2.45, 2.75) is 13.8 Å². The molecule has 0 unspecified atom stereocenters. The fourth-order valence-electron chi connectivity index (χ4n) is 2.92. The van der Waals surface area contributed by atoms with Crippen molar-refractivity contribution in [1.29, 1.82) is 10.5 Å². The van der Waals surface area contributed by atoms with Gasteiger partial charge in [0, 0.05) is 11.6 Å². The number of aryl methyl sites for hydroxylation is 2. The number of hydrogen-bond acceptors (Lipinski definition) is 7. The number of carbonyl (C=O) groups excluding carboxylic acids is 1. The van der Waals surface area contributed by atoms with Crippen molar-refractivity contribution in [3.63, 3.8) is 0 Å². The zero-order valence-corrected chi connectivity index (χ0v) is 18.4. The molecule has 1 heterocycles. The first-order chi connectivity index (χ1) is 16.4. The number of benzene rings is 2. The summed E-state index contributed by atoms with van der Waals surface area (Å²) in [6.07, 6.45) is 6.58. The summed E-state index contributed by atoms with van der Waals surface area (Å²) in [6.45, 7) is 3.70. The summed E-state index contributed by atoms with van der Waals surface area (Å²) in [6, 6.07) is 14.4. The van der Waals surface area contributed by atoms with Gasteiger partial charge in [-0.25, -0.2) is 4.98 Å². The number of carbonyl (C=O) groups is 1. The topological polar surface area (TPSA) is 124 Å². The Hall–Kier alpha value is -5.31. The van der Waals surface area contributed by atoms with E-state index in [1.807, 2.05) is 13.8 Å². The van der Waals surface area contributed by atoms with Gasteiger partial charge in [-0.2, -0.15) is 15.5 Å². The summed E-state index contributed by atoms with van der Waals surface area (Å²) >= 11 is 0. The van der Waals surface area contributed by atoms with Gasteiger partial charge < -0.3 is 15.4 Å². The lowest BCUT2D eigenvalue weighted by molar-refractivity contribution is -0.115. The van der Waals surface area contributed by atoms with Gasteiger partial charge in [0.05, 0.1) is 36.0 Å². The van der Waals surface area contributed by atoms with Crippen LogP contribution in [0.2, 0.25) is 0 Å². The van der Waals surface area contributed by atoms with Crippen LogP contribution < -0.4 is 15.4 Å². The van der Waals surface area contributed by atoms with Gasteiger partial charge in [0.1, 0.15) is 11.3 Å². The molecule has 0 spiro atoms. The number of anilines is 2. The first-order valence-electron chi connectivity index (χ1n) is 10.00. The van der Waals surface area contributed by atoms with Crippen molar-refractivity contribution in [3.8, 4) is 48.0 Å². The van der Waals surface area contributed by atoms with Gasteiger partial charge in [0.15, 0.2) is 0 Å². The molecule has 0 aliphatic rings. The van der Waals surface area contributed by atoms with E-state index < -0.39 is 5.91 Å². The maximum atomic E-state index is 11.9. The number of rotatable bonds is 5. The van der Waals surface area contributed by atoms with Gasteiger partial charge >= 0.3 is 0 Å². The van der Waals surface area contributed by atoms with Crippen molar-refractivity contribution in [1.82, 2.24) is 15.3 Å². The minimum absolute atomic E-state index is 0.0600. The molecule has 0 aliphatic heterocycles. The van der Waals surface area contributed by atoms with Gasteiger partial charge in [-0.05, 0) is 67.3 Å². The van der Waals surface area contributed by atoms with E-state index >= 15 is 0 Å². The highest BCUT2D eigenvalue weighted by Gasteiger charge is 2.14. The number of aromatic nitrogens is 2. The third-order valence-electron chi connectivity index (χ3n) is 4.47. The molecule has 2 N–H and O–H groups in total. The SMILES string of the molecule is C#CCNC(=O)C#Cc1cnc(Nc2ccc(C#N)cc2)nc1Oc1c(C)cc(C#N)cc1C. The molecule has 0 aliphatic carbocycles. The van der Waals surface area contributed by atoms with E-state index in [2.05, 4.69) is 50.5 Å². The van der Waals surface area contributed by atoms with Crippen LogP contribution in [-0.2, 0) is 4.79 Å². The molecular weight excluding hydrogens is 428 g/mol. The van der Waals surface area contributed by atoms with Gasteiger partial charge in [-0.1, -0.05) is 5.92 Å². The van der Waals surface area contributed by atoms with E-state index in [0.717, 1.165) is 11.1 Å². The Labute approximate surface area is 197 Å². The quantitative estimate of drug-likeness (QED) is 0.575. The maximum Gasteiger partial charge on any atom is 0.297 e. The number of nitrogens with one attached hydrogen (secondary N) is 2. The zero-order valence-electron chi connectivity index (χ0n) is 18.4. The number of hydrogen-bond donors (Lipinski definition) is 2. The molecule has 1 aromatic heterocycles. The monoisotopic (exact) mass is 446 g/mol. The fourth-order valence-corrected chi connectivity index (χ4v) is 2.92. The van der Waals surface area contributed by atoms with E-state index in [1.165, 1.54) is 6.20 Å². The molecule has 2 aromatic carbocycles. The third-order valence-corrected chi connectivity index (χ3v) is 4.47. The fraction of sp³-hybridized carbons (Fsp3) is 0.115. The highest BCUT2D eigenvalue weighted by atomic mass is 16.5. The number of amides is 1. The second-order valence-electron chi connectivity index (χ2n) is 7.02. The summed E-state index contributed by atoms with van der Waals surface area (Å²) in [4.78, 5) is 20.5. The molecule has 34 heavy (non-hydrogen) atoms. The molecule has 1 amide bonds. The average molecular weight is 446 g/mol. The Balaban J connectivity index is 1.99. The smallest absolute Gasteiger partial charge is 0.297 e. The van der Waals surface area contributed by atoms with Crippen molar-refractivity contribution in [3.05, 3.63) is 70.4 Å².